The zero-order valence-electron chi connectivity index (χ0n) is 18.8. The van der Waals surface area contributed by atoms with Crippen molar-refractivity contribution in [3.8, 4) is 11.3 Å². The summed E-state index contributed by atoms with van der Waals surface area (Å²) in [6, 6.07) is 21.4. The Morgan fingerprint density at radius 3 is 2.53 bits per heavy atom. The molecule has 34 heavy (non-hydrogen) atoms. The molecule has 1 N–H and O–H groups in total. The normalized spacial score (nSPS) is 14.8. The fraction of sp³-hybridized carbons (Fsp3) is 0.231. The van der Waals surface area contributed by atoms with E-state index in [9.17, 15) is 9.59 Å². The number of benzene rings is 2. The standard InChI is InChI=1S/C26H24N6O2/c1-17-15-23(32-24(27-17)16-21(29-32)18-7-3-2-4-8-18)25(33)30-13-11-19(12-14-30)31-22-10-6-5-9-20(22)28-26(31)34/h2-10,15-16,19H,11-14H2,1H3,(H,28,34). The first kappa shape index (κ1) is 20.4. The van der Waals surface area contributed by atoms with E-state index in [4.69, 9.17) is 5.10 Å². The van der Waals surface area contributed by atoms with Crippen molar-refractivity contribution in [3.63, 3.8) is 0 Å². The molecule has 4 heterocycles. The third-order valence-electron chi connectivity index (χ3n) is 6.58. The number of fused-ring (bicyclic) bond motifs is 2. The number of hydrogen-bond acceptors (Lipinski definition) is 4. The maximum Gasteiger partial charge on any atom is 0.326 e. The second kappa shape index (κ2) is 7.98. The van der Waals surface area contributed by atoms with Gasteiger partial charge in [-0.2, -0.15) is 5.10 Å². The van der Waals surface area contributed by atoms with E-state index in [2.05, 4.69) is 9.97 Å². The molecule has 0 radical (unpaired) electrons. The van der Waals surface area contributed by atoms with Crippen LogP contribution in [-0.4, -0.2) is 48.0 Å². The molecule has 3 aromatic heterocycles. The summed E-state index contributed by atoms with van der Waals surface area (Å²) >= 11 is 0. The van der Waals surface area contributed by atoms with Gasteiger partial charge < -0.3 is 9.88 Å². The van der Waals surface area contributed by atoms with Gasteiger partial charge in [0.25, 0.3) is 5.91 Å². The summed E-state index contributed by atoms with van der Waals surface area (Å²) in [7, 11) is 0. The van der Waals surface area contributed by atoms with Crippen LogP contribution < -0.4 is 5.69 Å². The first-order valence-electron chi connectivity index (χ1n) is 11.5. The number of rotatable bonds is 3. The third kappa shape index (κ3) is 3.39. The number of nitrogens with zero attached hydrogens (tertiary/aromatic N) is 5. The number of aryl methyl sites for hydroxylation is 1. The lowest BCUT2D eigenvalue weighted by Gasteiger charge is -2.32. The maximum atomic E-state index is 13.5. The average Bonchev–Trinajstić information content (AvgIpc) is 3.44. The highest BCUT2D eigenvalue weighted by atomic mass is 16.2. The third-order valence-corrected chi connectivity index (χ3v) is 6.58. The highest BCUT2D eigenvalue weighted by molar-refractivity contribution is 5.93. The molecule has 1 aliphatic rings. The first-order chi connectivity index (χ1) is 16.6. The molecule has 1 amide bonds. The second-order valence-corrected chi connectivity index (χ2v) is 8.79. The van der Waals surface area contributed by atoms with Crippen molar-refractivity contribution in [2.24, 2.45) is 0 Å². The van der Waals surface area contributed by atoms with Crippen LogP contribution >= 0.6 is 0 Å². The Morgan fingerprint density at radius 1 is 1.00 bits per heavy atom. The Hall–Kier alpha value is -4.20. The highest BCUT2D eigenvalue weighted by Crippen LogP contribution is 2.26. The second-order valence-electron chi connectivity index (χ2n) is 8.79. The average molecular weight is 453 g/mol. The molecule has 0 spiro atoms. The summed E-state index contributed by atoms with van der Waals surface area (Å²) in [4.78, 5) is 35.5. The largest absolute Gasteiger partial charge is 0.337 e. The van der Waals surface area contributed by atoms with Gasteiger partial charge in [-0.1, -0.05) is 42.5 Å². The van der Waals surface area contributed by atoms with Crippen LogP contribution in [0.2, 0.25) is 0 Å². The molecular formula is C26H24N6O2. The zero-order valence-corrected chi connectivity index (χ0v) is 18.8. The number of aromatic nitrogens is 5. The van der Waals surface area contributed by atoms with Gasteiger partial charge in [0.05, 0.1) is 16.7 Å². The topological polar surface area (TPSA) is 88.3 Å². The van der Waals surface area contributed by atoms with Crippen LogP contribution in [0.5, 0.6) is 0 Å². The molecule has 0 bridgehead atoms. The molecule has 8 nitrogen and oxygen atoms in total. The summed E-state index contributed by atoms with van der Waals surface area (Å²) in [5.74, 6) is -0.0667. The number of para-hydroxylation sites is 2. The minimum Gasteiger partial charge on any atom is -0.337 e. The van der Waals surface area contributed by atoms with Gasteiger partial charge >= 0.3 is 5.69 Å². The Labute approximate surface area is 195 Å². The van der Waals surface area contributed by atoms with E-state index in [1.54, 1.807) is 10.6 Å². The van der Waals surface area contributed by atoms with E-state index in [1.807, 2.05) is 77.1 Å². The van der Waals surface area contributed by atoms with Crippen molar-refractivity contribution in [1.82, 2.24) is 29.0 Å². The molecule has 2 aromatic carbocycles. The van der Waals surface area contributed by atoms with Gasteiger partial charge in [0.1, 0.15) is 5.69 Å². The number of likely N-dealkylation sites (tertiary alicyclic amines) is 1. The van der Waals surface area contributed by atoms with E-state index < -0.39 is 0 Å². The Kier molecular flexibility index (Phi) is 4.79. The van der Waals surface area contributed by atoms with Gasteiger partial charge in [0.2, 0.25) is 0 Å². The van der Waals surface area contributed by atoms with Crippen molar-refractivity contribution < 1.29 is 4.79 Å². The van der Waals surface area contributed by atoms with Crippen LogP contribution in [0.1, 0.15) is 35.1 Å². The Balaban J connectivity index is 1.28. The number of hydrogen-bond donors (Lipinski definition) is 1. The van der Waals surface area contributed by atoms with E-state index in [0.717, 1.165) is 40.8 Å². The van der Waals surface area contributed by atoms with Crippen molar-refractivity contribution in [1.29, 1.82) is 0 Å². The van der Waals surface area contributed by atoms with Crippen molar-refractivity contribution in [3.05, 3.63) is 88.6 Å². The summed E-state index contributed by atoms with van der Waals surface area (Å²) in [6.45, 7) is 3.04. The zero-order chi connectivity index (χ0) is 23.2. The summed E-state index contributed by atoms with van der Waals surface area (Å²) in [5.41, 5.74) is 5.36. The fourth-order valence-corrected chi connectivity index (χ4v) is 4.93. The van der Waals surface area contributed by atoms with E-state index in [0.29, 0.717) is 24.4 Å². The number of piperidine rings is 1. The van der Waals surface area contributed by atoms with Gasteiger partial charge in [0, 0.05) is 36.5 Å². The lowest BCUT2D eigenvalue weighted by molar-refractivity contribution is 0.0686. The quantitative estimate of drug-likeness (QED) is 0.451. The molecule has 0 unspecified atom stereocenters. The highest BCUT2D eigenvalue weighted by Gasteiger charge is 2.28. The monoisotopic (exact) mass is 452 g/mol. The SMILES string of the molecule is Cc1cc(C(=O)N2CCC(n3c(=O)[nH]c4ccccc43)CC2)n2nc(-c3ccccc3)cc2n1. The van der Waals surface area contributed by atoms with Crippen LogP contribution in [0.15, 0.2) is 71.5 Å². The number of nitrogens with one attached hydrogen (secondary N) is 1. The van der Waals surface area contributed by atoms with Gasteiger partial charge in [-0.25, -0.2) is 14.3 Å². The number of amides is 1. The number of aromatic amines is 1. The van der Waals surface area contributed by atoms with Crippen molar-refractivity contribution >= 4 is 22.6 Å². The molecule has 6 rings (SSSR count). The fourth-order valence-electron chi connectivity index (χ4n) is 4.93. The van der Waals surface area contributed by atoms with Crippen LogP contribution in [0.3, 0.4) is 0 Å². The van der Waals surface area contributed by atoms with Gasteiger partial charge in [-0.15, -0.1) is 0 Å². The molecule has 5 aromatic rings. The lowest BCUT2D eigenvalue weighted by atomic mass is 10.0. The van der Waals surface area contributed by atoms with E-state index in [-0.39, 0.29) is 17.6 Å². The molecule has 1 aliphatic heterocycles. The summed E-state index contributed by atoms with van der Waals surface area (Å²) in [6.07, 6.45) is 1.43. The van der Waals surface area contributed by atoms with Gasteiger partial charge in [-0.05, 0) is 38.0 Å². The minimum absolute atomic E-state index is 0.0567. The molecule has 1 saturated heterocycles. The maximum absolute atomic E-state index is 13.5. The number of carbonyl (C=O) groups excluding carboxylic acids is 1. The number of imidazole rings is 1. The summed E-state index contributed by atoms with van der Waals surface area (Å²) < 4.78 is 3.49. The Morgan fingerprint density at radius 2 is 1.74 bits per heavy atom. The van der Waals surface area contributed by atoms with E-state index >= 15 is 0 Å². The van der Waals surface area contributed by atoms with Crippen LogP contribution in [-0.2, 0) is 0 Å². The predicted octanol–water partition coefficient (Wildman–Crippen LogP) is 3.83. The van der Waals surface area contributed by atoms with Crippen LogP contribution in [0.25, 0.3) is 27.9 Å². The molecule has 0 atom stereocenters. The minimum atomic E-state index is -0.0950. The molecule has 8 heteroatoms. The van der Waals surface area contributed by atoms with Crippen molar-refractivity contribution in [2.45, 2.75) is 25.8 Å². The number of carbonyl (C=O) groups is 1. The molecule has 170 valence electrons. The predicted molar refractivity (Wildman–Crippen MR) is 130 cm³/mol. The van der Waals surface area contributed by atoms with Crippen LogP contribution in [0.4, 0.5) is 0 Å². The van der Waals surface area contributed by atoms with Gasteiger partial charge in [0.15, 0.2) is 5.65 Å². The first-order valence-corrected chi connectivity index (χ1v) is 11.5. The molecule has 0 aliphatic carbocycles. The smallest absolute Gasteiger partial charge is 0.326 e. The van der Waals surface area contributed by atoms with E-state index in [1.165, 1.54) is 0 Å². The molecular weight excluding hydrogens is 428 g/mol. The summed E-state index contributed by atoms with van der Waals surface area (Å²) in [5, 5.41) is 4.70. The lowest BCUT2D eigenvalue weighted by Crippen LogP contribution is -2.41. The molecule has 1 fully saturated rings. The van der Waals surface area contributed by atoms with Crippen LogP contribution in [0, 0.1) is 6.92 Å². The van der Waals surface area contributed by atoms with Gasteiger partial charge in [-0.3, -0.25) is 9.36 Å². The number of H-pyrrole nitrogens is 1. The Bertz CT molecular complexity index is 1570. The van der Waals surface area contributed by atoms with Crippen molar-refractivity contribution in [2.75, 3.05) is 13.1 Å². The molecule has 0 saturated carbocycles.